The van der Waals surface area contributed by atoms with Gasteiger partial charge in [-0.1, -0.05) is 95.2 Å². The van der Waals surface area contributed by atoms with E-state index in [-0.39, 0.29) is 13.2 Å². The molecule has 0 aromatic heterocycles. The normalized spacial score (nSPS) is 24.0. The van der Waals surface area contributed by atoms with Crippen LogP contribution in [0.5, 0.6) is 0 Å². The summed E-state index contributed by atoms with van der Waals surface area (Å²) in [6, 6.07) is 26.8. The minimum atomic E-state index is -1.03. The number of benzene rings is 3. The molecule has 1 fully saturated rings. The number of aliphatic hydroxyl groups excluding tert-OH is 1. The van der Waals surface area contributed by atoms with E-state index in [1.165, 1.54) is 11.8 Å². The summed E-state index contributed by atoms with van der Waals surface area (Å²) in [5.41, 5.74) is 11.9. The summed E-state index contributed by atoms with van der Waals surface area (Å²) in [5, 5.41) is 15.2. The molecule has 1 heterocycles. The second kappa shape index (κ2) is 12.7. The van der Waals surface area contributed by atoms with Gasteiger partial charge >= 0.3 is 0 Å². The molecule has 1 saturated heterocycles. The topological polar surface area (TPSA) is 96.7 Å². The molecule has 0 saturated carbocycles. The Kier molecular flexibility index (Phi) is 9.20. The third-order valence-electron chi connectivity index (χ3n) is 5.78. The zero-order valence-electron chi connectivity index (χ0n) is 19.5. The number of aliphatic hydroxyl groups is 1. The maximum Gasteiger partial charge on any atom is 0.119 e. The summed E-state index contributed by atoms with van der Waals surface area (Å²) in [4.78, 5) is 4.01. The van der Waals surface area contributed by atoms with Gasteiger partial charge in [-0.3, -0.25) is 0 Å². The lowest BCUT2D eigenvalue weighted by atomic mass is 9.98. The van der Waals surface area contributed by atoms with E-state index in [1.807, 2.05) is 91.9 Å². The summed E-state index contributed by atoms with van der Waals surface area (Å²) in [6.07, 6.45) is -2.43. The third-order valence-corrected chi connectivity index (χ3v) is 6.95. The molecule has 3 aromatic rings. The minimum absolute atomic E-state index is 0.176. The Bertz CT molecular complexity index is 1090. The molecule has 1 aliphatic rings. The van der Waals surface area contributed by atoms with Crippen molar-refractivity contribution in [3.63, 3.8) is 0 Å². The first-order valence-corrected chi connectivity index (χ1v) is 12.4. The van der Waals surface area contributed by atoms with Gasteiger partial charge < -0.3 is 19.3 Å². The van der Waals surface area contributed by atoms with Crippen LogP contribution in [-0.4, -0.2) is 41.5 Å². The van der Waals surface area contributed by atoms with Crippen LogP contribution in [0.1, 0.15) is 16.7 Å². The highest BCUT2D eigenvalue weighted by Gasteiger charge is 2.46. The number of nitrogens with zero attached hydrogens (tertiary/aromatic N) is 3. The van der Waals surface area contributed by atoms with Crippen LogP contribution >= 0.6 is 11.8 Å². The number of thioether (sulfide) groups is 1. The molecule has 1 N–H and O–H groups in total. The molecule has 0 aliphatic carbocycles. The fraction of sp³-hybridized carbons (Fsp3) is 0.333. The quantitative estimate of drug-likeness (QED) is 0.224. The standard InChI is InChI=1S/C27H29N3O4S/c1-19-12-14-22(15-13-19)35-27-24(29-30-28)26(33-17-21-10-6-3-7-11-21)25(31)23(34-27)18-32-16-20-8-4-2-5-9-20/h2-15,23-27,31H,16-18H2,1H3/t23-,24-,25-,26-,27-/m1/s1. The van der Waals surface area contributed by atoms with Gasteiger partial charge in [-0.25, -0.2) is 0 Å². The summed E-state index contributed by atoms with van der Waals surface area (Å²) in [7, 11) is 0. The van der Waals surface area contributed by atoms with Crippen molar-refractivity contribution < 1.29 is 19.3 Å². The first-order valence-electron chi connectivity index (χ1n) is 11.5. The lowest BCUT2D eigenvalue weighted by Gasteiger charge is -2.42. The van der Waals surface area contributed by atoms with Crippen molar-refractivity contribution in [3.8, 4) is 0 Å². The van der Waals surface area contributed by atoms with Gasteiger partial charge in [0.25, 0.3) is 0 Å². The van der Waals surface area contributed by atoms with Crippen LogP contribution in [-0.2, 0) is 27.4 Å². The Morgan fingerprint density at radius 3 is 2.20 bits per heavy atom. The Morgan fingerprint density at radius 2 is 1.57 bits per heavy atom. The molecule has 7 nitrogen and oxygen atoms in total. The second-order valence-corrected chi connectivity index (χ2v) is 9.59. The molecule has 1 aliphatic heterocycles. The SMILES string of the molecule is Cc1ccc(S[C@H]2O[C@H](COCc3ccccc3)[C@@H](O)[C@H](OCc3ccccc3)[C@H]2N=[N+]=[N-])cc1. The summed E-state index contributed by atoms with van der Waals surface area (Å²) < 4.78 is 18.3. The maximum atomic E-state index is 11.2. The van der Waals surface area contributed by atoms with Crippen molar-refractivity contribution in [2.75, 3.05) is 6.61 Å². The fourth-order valence-electron chi connectivity index (χ4n) is 3.90. The van der Waals surface area contributed by atoms with Gasteiger partial charge in [0, 0.05) is 9.81 Å². The summed E-state index contributed by atoms with van der Waals surface area (Å²) >= 11 is 1.45. The summed E-state index contributed by atoms with van der Waals surface area (Å²) in [5.74, 6) is 0. The smallest absolute Gasteiger partial charge is 0.119 e. The van der Waals surface area contributed by atoms with Gasteiger partial charge in [-0.15, -0.1) is 0 Å². The fourth-order valence-corrected chi connectivity index (χ4v) is 5.01. The zero-order chi connectivity index (χ0) is 24.5. The van der Waals surface area contributed by atoms with Gasteiger partial charge in [0.1, 0.15) is 23.7 Å². The number of rotatable bonds is 10. The van der Waals surface area contributed by atoms with Gasteiger partial charge in [0.2, 0.25) is 0 Å². The molecular weight excluding hydrogens is 462 g/mol. The number of ether oxygens (including phenoxy) is 3. The predicted molar refractivity (Wildman–Crippen MR) is 136 cm³/mol. The highest BCUT2D eigenvalue weighted by Crippen LogP contribution is 2.36. The first-order chi connectivity index (χ1) is 17.1. The van der Waals surface area contributed by atoms with Gasteiger partial charge in [-0.2, -0.15) is 0 Å². The molecule has 0 spiro atoms. The molecule has 4 rings (SSSR count). The van der Waals surface area contributed by atoms with E-state index in [2.05, 4.69) is 10.0 Å². The molecule has 0 amide bonds. The van der Waals surface area contributed by atoms with E-state index >= 15 is 0 Å². The average Bonchev–Trinajstić information content (AvgIpc) is 2.89. The predicted octanol–water partition coefficient (Wildman–Crippen LogP) is 5.65. The lowest BCUT2D eigenvalue weighted by molar-refractivity contribution is -0.190. The largest absolute Gasteiger partial charge is 0.388 e. The van der Waals surface area contributed by atoms with Crippen molar-refractivity contribution in [1.82, 2.24) is 0 Å². The lowest BCUT2D eigenvalue weighted by Crippen LogP contribution is -2.57. The molecule has 0 bridgehead atoms. The van der Waals surface area contributed by atoms with Crippen molar-refractivity contribution in [3.05, 3.63) is 112 Å². The van der Waals surface area contributed by atoms with E-state index in [4.69, 9.17) is 14.2 Å². The van der Waals surface area contributed by atoms with Gasteiger partial charge in [0.15, 0.2) is 0 Å². The number of hydrogen-bond acceptors (Lipinski definition) is 6. The molecule has 35 heavy (non-hydrogen) atoms. The van der Waals surface area contributed by atoms with E-state index < -0.39 is 29.8 Å². The Labute approximate surface area is 209 Å². The van der Waals surface area contributed by atoms with Crippen LogP contribution in [0.3, 0.4) is 0 Å². The Balaban J connectivity index is 1.52. The van der Waals surface area contributed by atoms with Crippen molar-refractivity contribution in [2.24, 2.45) is 5.11 Å². The molecular formula is C27H29N3O4S. The molecule has 3 aromatic carbocycles. The second-order valence-electron chi connectivity index (χ2n) is 8.42. The van der Waals surface area contributed by atoms with Crippen LogP contribution in [0.4, 0.5) is 0 Å². The van der Waals surface area contributed by atoms with E-state index in [0.29, 0.717) is 6.61 Å². The summed E-state index contributed by atoms with van der Waals surface area (Å²) in [6.45, 7) is 2.88. The van der Waals surface area contributed by atoms with Crippen LogP contribution < -0.4 is 0 Å². The molecule has 0 unspecified atom stereocenters. The third kappa shape index (κ3) is 7.08. The Morgan fingerprint density at radius 1 is 0.943 bits per heavy atom. The van der Waals surface area contributed by atoms with Crippen molar-refractivity contribution in [2.45, 2.75) is 54.8 Å². The van der Waals surface area contributed by atoms with Gasteiger partial charge in [0.05, 0.1) is 25.9 Å². The maximum absolute atomic E-state index is 11.2. The van der Waals surface area contributed by atoms with E-state index in [0.717, 1.165) is 21.6 Å². The van der Waals surface area contributed by atoms with Crippen molar-refractivity contribution in [1.29, 1.82) is 0 Å². The molecule has 8 heteroatoms. The number of hydrogen-bond donors (Lipinski definition) is 1. The molecule has 0 radical (unpaired) electrons. The molecule has 5 atom stereocenters. The minimum Gasteiger partial charge on any atom is -0.388 e. The first kappa shape index (κ1) is 25.3. The molecule has 182 valence electrons. The monoisotopic (exact) mass is 491 g/mol. The highest BCUT2D eigenvalue weighted by molar-refractivity contribution is 7.99. The Hall–Kier alpha value is -2.84. The van der Waals surface area contributed by atoms with Crippen molar-refractivity contribution >= 4 is 11.8 Å². The van der Waals surface area contributed by atoms with E-state index in [1.54, 1.807) is 0 Å². The van der Waals surface area contributed by atoms with Crippen LogP contribution in [0.25, 0.3) is 10.4 Å². The van der Waals surface area contributed by atoms with Gasteiger partial charge in [-0.05, 0) is 35.7 Å². The van der Waals surface area contributed by atoms with E-state index in [9.17, 15) is 10.6 Å². The zero-order valence-corrected chi connectivity index (χ0v) is 20.3. The van der Waals surface area contributed by atoms with Crippen LogP contribution in [0.15, 0.2) is 94.9 Å². The van der Waals surface area contributed by atoms with Crippen LogP contribution in [0, 0.1) is 6.92 Å². The van der Waals surface area contributed by atoms with Crippen LogP contribution in [0.2, 0.25) is 0 Å². The highest BCUT2D eigenvalue weighted by atomic mass is 32.2. The number of azide groups is 1. The average molecular weight is 492 g/mol. The number of aryl methyl sites for hydroxylation is 1.